The molecule has 9 heteroatoms. The van der Waals surface area contributed by atoms with Crippen molar-refractivity contribution < 1.29 is 19.1 Å². The second kappa shape index (κ2) is 8.95. The summed E-state index contributed by atoms with van der Waals surface area (Å²) >= 11 is 1.24. The van der Waals surface area contributed by atoms with Gasteiger partial charge in [-0.05, 0) is 44.2 Å². The lowest BCUT2D eigenvalue weighted by Crippen LogP contribution is -2.33. The molecule has 0 aliphatic heterocycles. The van der Waals surface area contributed by atoms with Crippen molar-refractivity contribution in [2.24, 2.45) is 7.05 Å². The van der Waals surface area contributed by atoms with Gasteiger partial charge >= 0.3 is 5.97 Å². The summed E-state index contributed by atoms with van der Waals surface area (Å²) in [6.07, 6.45) is 1.74. The van der Waals surface area contributed by atoms with E-state index in [1.54, 1.807) is 49.0 Å². The number of rotatable bonds is 7. The molecule has 0 aliphatic carbocycles. The zero-order valence-corrected chi connectivity index (χ0v) is 17.3. The van der Waals surface area contributed by atoms with Crippen molar-refractivity contribution in [3.05, 3.63) is 47.8 Å². The molecule has 152 valence electrons. The van der Waals surface area contributed by atoms with Crippen molar-refractivity contribution in [2.75, 3.05) is 12.4 Å². The number of nitrogens with zero attached hydrogens (tertiary/aromatic N) is 3. The Hall–Kier alpha value is -3.07. The molecule has 0 spiro atoms. The summed E-state index contributed by atoms with van der Waals surface area (Å²) in [5, 5.41) is 3.03. The highest BCUT2D eigenvalue weighted by atomic mass is 32.2. The highest BCUT2D eigenvalue weighted by molar-refractivity contribution is 7.99. The number of carbonyl (C=O) groups excluding carboxylic acids is 3. The van der Waals surface area contributed by atoms with Crippen LogP contribution in [0.4, 0.5) is 0 Å². The minimum atomic E-state index is -0.439. The van der Waals surface area contributed by atoms with E-state index in [-0.39, 0.29) is 5.75 Å². The Morgan fingerprint density at radius 1 is 1.21 bits per heavy atom. The molecule has 0 saturated heterocycles. The van der Waals surface area contributed by atoms with E-state index in [1.165, 1.54) is 11.8 Å². The van der Waals surface area contributed by atoms with Crippen molar-refractivity contribution in [2.45, 2.75) is 25.5 Å². The molecular weight excluding hydrogens is 392 g/mol. The van der Waals surface area contributed by atoms with E-state index >= 15 is 0 Å². The Kier molecular flexibility index (Phi) is 6.38. The lowest BCUT2D eigenvalue weighted by Gasteiger charge is -2.07. The number of ether oxygens (including phenoxy) is 1. The van der Waals surface area contributed by atoms with Gasteiger partial charge in [0.2, 0.25) is 5.91 Å². The predicted molar refractivity (Wildman–Crippen MR) is 110 cm³/mol. The smallest absolute Gasteiger partial charge is 0.338 e. The molecule has 0 aliphatic rings. The molecular formula is C20H22N4O4S. The van der Waals surface area contributed by atoms with Crippen molar-refractivity contribution in [3.63, 3.8) is 0 Å². The number of benzene rings is 1. The molecule has 2 aromatic heterocycles. The van der Waals surface area contributed by atoms with Gasteiger partial charge in [-0.3, -0.25) is 14.9 Å². The molecule has 1 aromatic carbocycles. The van der Waals surface area contributed by atoms with Crippen molar-refractivity contribution in [1.29, 1.82) is 0 Å². The maximum Gasteiger partial charge on any atom is 0.338 e. The lowest BCUT2D eigenvalue weighted by atomic mass is 10.2. The van der Waals surface area contributed by atoms with Gasteiger partial charge in [0, 0.05) is 19.8 Å². The number of hydrogen-bond donors (Lipinski definition) is 1. The zero-order chi connectivity index (χ0) is 21.0. The van der Waals surface area contributed by atoms with E-state index in [0.717, 1.165) is 5.52 Å². The monoisotopic (exact) mass is 414 g/mol. The Balaban J connectivity index is 1.72. The Bertz CT molecular complexity index is 1070. The van der Waals surface area contributed by atoms with E-state index in [0.29, 0.717) is 35.1 Å². The van der Waals surface area contributed by atoms with Gasteiger partial charge in [0.1, 0.15) is 5.69 Å². The predicted octanol–water partition coefficient (Wildman–Crippen LogP) is 2.62. The fraction of sp³-hybridized carbons (Fsp3) is 0.300. The van der Waals surface area contributed by atoms with Crippen LogP contribution in [0.15, 0.2) is 41.7 Å². The molecule has 0 fully saturated rings. The molecule has 2 heterocycles. The van der Waals surface area contributed by atoms with Gasteiger partial charge in [0.15, 0.2) is 5.16 Å². The first-order valence-corrected chi connectivity index (χ1v) is 10.2. The average Bonchev–Trinajstić information content (AvgIpc) is 3.28. The first-order chi connectivity index (χ1) is 13.9. The maximum atomic E-state index is 12.2. The van der Waals surface area contributed by atoms with Gasteiger partial charge in [-0.2, -0.15) is 0 Å². The number of imidazole rings is 1. The standard InChI is InChI=1S/C20H22N4O4S/c1-4-24-15-9-8-13(19(27)28-5-2)11-14(15)21-20(24)29-12-17(25)22-18(26)16-7-6-10-23(16)3/h6-11H,4-5,12H2,1-3H3,(H,22,25,26). The Labute approximate surface area is 172 Å². The third-order valence-corrected chi connectivity index (χ3v) is 5.28. The number of aryl methyl sites for hydroxylation is 2. The fourth-order valence-corrected chi connectivity index (χ4v) is 3.80. The van der Waals surface area contributed by atoms with Crippen LogP contribution in [0.3, 0.4) is 0 Å². The molecule has 1 N–H and O–H groups in total. The molecule has 3 rings (SSSR count). The fourth-order valence-electron chi connectivity index (χ4n) is 2.92. The van der Waals surface area contributed by atoms with E-state index in [9.17, 15) is 14.4 Å². The maximum absolute atomic E-state index is 12.2. The summed E-state index contributed by atoms with van der Waals surface area (Å²) in [5.74, 6) is -1.19. The van der Waals surface area contributed by atoms with E-state index in [1.807, 2.05) is 17.6 Å². The molecule has 8 nitrogen and oxygen atoms in total. The van der Waals surface area contributed by atoms with E-state index in [4.69, 9.17) is 4.74 Å². The number of nitrogens with one attached hydrogen (secondary N) is 1. The normalized spacial score (nSPS) is 10.9. The van der Waals surface area contributed by atoms with Crippen LogP contribution in [-0.2, 0) is 23.1 Å². The third-order valence-electron chi connectivity index (χ3n) is 4.30. The molecule has 29 heavy (non-hydrogen) atoms. The number of aromatic nitrogens is 3. The van der Waals surface area contributed by atoms with Crippen LogP contribution in [-0.4, -0.2) is 44.3 Å². The molecule has 0 bridgehead atoms. The topological polar surface area (TPSA) is 95.2 Å². The minimum Gasteiger partial charge on any atom is -0.462 e. The van der Waals surface area contributed by atoms with Crippen LogP contribution in [0.5, 0.6) is 0 Å². The van der Waals surface area contributed by atoms with Crippen molar-refractivity contribution in [1.82, 2.24) is 19.4 Å². The summed E-state index contributed by atoms with van der Waals surface area (Å²) in [6, 6.07) is 8.59. The summed E-state index contributed by atoms with van der Waals surface area (Å²) in [4.78, 5) is 40.8. The van der Waals surface area contributed by atoms with Crippen LogP contribution < -0.4 is 5.32 Å². The van der Waals surface area contributed by atoms with Gasteiger partial charge < -0.3 is 13.9 Å². The summed E-state index contributed by atoms with van der Waals surface area (Å²) in [7, 11) is 1.74. The summed E-state index contributed by atoms with van der Waals surface area (Å²) in [6.45, 7) is 4.69. The number of thioether (sulfide) groups is 1. The quantitative estimate of drug-likeness (QED) is 0.472. The molecule has 0 saturated carbocycles. The van der Waals surface area contributed by atoms with Gasteiger partial charge in [0.05, 0.1) is 29.0 Å². The van der Waals surface area contributed by atoms with Crippen molar-refractivity contribution >= 4 is 40.6 Å². The second-order valence-corrected chi connectivity index (χ2v) is 7.18. The Morgan fingerprint density at radius 2 is 2.00 bits per heavy atom. The minimum absolute atomic E-state index is 0.0459. The number of amides is 2. The average molecular weight is 414 g/mol. The van der Waals surface area contributed by atoms with Gasteiger partial charge in [-0.15, -0.1) is 0 Å². The van der Waals surface area contributed by atoms with Crippen LogP contribution in [0, 0.1) is 0 Å². The van der Waals surface area contributed by atoms with Gasteiger partial charge in [-0.25, -0.2) is 9.78 Å². The third kappa shape index (κ3) is 4.51. The number of esters is 1. The largest absolute Gasteiger partial charge is 0.462 e. The summed E-state index contributed by atoms with van der Waals surface area (Å²) in [5.41, 5.74) is 2.36. The number of imide groups is 1. The molecule has 3 aromatic rings. The molecule has 0 atom stereocenters. The highest BCUT2D eigenvalue weighted by Gasteiger charge is 2.17. The van der Waals surface area contributed by atoms with Crippen molar-refractivity contribution in [3.8, 4) is 0 Å². The SMILES string of the molecule is CCOC(=O)c1ccc2c(c1)nc(SCC(=O)NC(=O)c1cccn1C)n2CC. The Morgan fingerprint density at radius 3 is 2.66 bits per heavy atom. The van der Waals surface area contributed by atoms with Gasteiger partial charge in [0.25, 0.3) is 5.91 Å². The van der Waals surface area contributed by atoms with Crippen LogP contribution in [0.25, 0.3) is 11.0 Å². The van der Waals surface area contributed by atoms with Crippen LogP contribution in [0.2, 0.25) is 0 Å². The van der Waals surface area contributed by atoms with E-state index < -0.39 is 17.8 Å². The number of fused-ring (bicyclic) bond motifs is 1. The number of carbonyl (C=O) groups is 3. The molecule has 2 amide bonds. The highest BCUT2D eigenvalue weighted by Crippen LogP contribution is 2.25. The number of hydrogen-bond acceptors (Lipinski definition) is 6. The zero-order valence-electron chi connectivity index (χ0n) is 16.5. The first kappa shape index (κ1) is 20.7. The van der Waals surface area contributed by atoms with Gasteiger partial charge in [-0.1, -0.05) is 11.8 Å². The summed E-state index contributed by atoms with van der Waals surface area (Å²) < 4.78 is 8.64. The van der Waals surface area contributed by atoms with E-state index in [2.05, 4.69) is 10.3 Å². The molecule has 0 unspecified atom stereocenters. The second-order valence-electron chi connectivity index (χ2n) is 6.23. The first-order valence-electron chi connectivity index (χ1n) is 9.20. The molecule has 0 radical (unpaired) electrons. The van der Waals surface area contributed by atoms with Crippen LogP contribution >= 0.6 is 11.8 Å². The van der Waals surface area contributed by atoms with Crippen LogP contribution in [0.1, 0.15) is 34.7 Å². The lowest BCUT2D eigenvalue weighted by molar-refractivity contribution is -0.117.